The molecular weight excluding hydrogens is 285 g/mol. The number of nitrogens with zero attached hydrogens (tertiary/aromatic N) is 2. The first-order valence-electron chi connectivity index (χ1n) is 6.16. The number of benzene rings is 1. The van der Waals surface area contributed by atoms with Crippen LogP contribution in [0, 0.1) is 5.82 Å². The van der Waals surface area contributed by atoms with Crippen LogP contribution in [0.4, 0.5) is 4.39 Å². The Labute approximate surface area is 117 Å². The van der Waals surface area contributed by atoms with Crippen molar-refractivity contribution in [1.29, 1.82) is 0 Å². The Kier molecular flexibility index (Phi) is 4.36. The van der Waals surface area contributed by atoms with Crippen LogP contribution >= 0.6 is 0 Å². The Balaban J connectivity index is 2.08. The average Bonchev–Trinajstić information content (AvgIpc) is 2.38. The molecule has 0 aliphatic carbocycles. The summed E-state index contributed by atoms with van der Waals surface area (Å²) in [6.45, 7) is 1.49. The maximum atomic E-state index is 13.1. The molecule has 110 valence electrons. The van der Waals surface area contributed by atoms with Gasteiger partial charge in [0.1, 0.15) is 5.82 Å². The largest absolute Gasteiger partial charge is 0.369 e. The smallest absolute Gasteiger partial charge is 0.243 e. The fraction of sp³-hybridized carbons (Fsp3) is 0.417. The Hall–Kier alpha value is -1.51. The first-order chi connectivity index (χ1) is 9.39. The van der Waals surface area contributed by atoms with Gasteiger partial charge in [-0.05, 0) is 18.2 Å². The third-order valence-electron chi connectivity index (χ3n) is 3.14. The first-order valence-corrected chi connectivity index (χ1v) is 7.60. The lowest BCUT2D eigenvalue weighted by Crippen LogP contribution is -2.50. The fourth-order valence-electron chi connectivity index (χ4n) is 2.12. The van der Waals surface area contributed by atoms with E-state index in [1.54, 1.807) is 4.90 Å². The second-order valence-corrected chi connectivity index (χ2v) is 6.54. The number of amides is 1. The van der Waals surface area contributed by atoms with Crippen molar-refractivity contribution in [2.75, 3.05) is 32.7 Å². The fourth-order valence-corrected chi connectivity index (χ4v) is 3.58. The zero-order valence-electron chi connectivity index (χ0n) is 10.8. The summed E-state index contributed by atoms with van der Waals surface area (Å²) in [5, 5.41) is 0. The molecular formula is C12H16FN3O3S. The highest BCUT2D eigenvalue weighted by Gasteiger charge is 2.28. The third kappa shape index (κ3) is 3.33. The number of carbonyl (C=O) groups excluding carboxylic acids is 1. The van der Waals surface area contributed by atoms with Crippen molar-refractivity contribution in [3.63, 3.8) is 0 Å². The quantitative estimate of drug-likeness (QED) is 0.821. The van der Waals surface area contributed by atoms with E-state index in [9.17, 15) is 17.6 Å². The molecule has 1 aliphatic rings. The van der Waals surface area contributed by atoms with Crippen molar-refractivity contribution in [1.82, 2.24) is 9.21 Å². The lowest BCUT2D eigenvalue weighted by molar-refractivity contribution is -0.119. The molecule has 6 nitrogen and oxygen atoms in total. The van der Waals surface area contributed by atoms with Crippen LogP contribution in [0.15, 0.2) is 29.2 Å². The molecule has 2 rings (SSSR count). The molecule has 1 amide bonds. The lowest BCUT2D eigenvalue weighted by atomic mass is 10.3. The van der Waals surface area contributed by atoms with Crippen LogP contribution in [-0.2, 0) is 14.8 Å². The summed E-state index contributed by atoms with van der Waals surface area (Å²) in [6, 6.07) is 4.94. The summed E-state index contributed by atoms with van der Waals surface area (Å²) in [4.78, 5) is 12.5. The van der Waals surface area contributed by atoms with Gasteiger partial charge >= 0.3 is 0 Å². The third-order valence-corrected chi connectivity index (χ3v) is 5.04. The van der Waals surface area contributed by atoms with Gasteiger partial charge in [0.25, 0.3) is 0 Å². The summed E-state index contributed by atoms with van der Waals surface area (Å²) in [7, 11) is -3.69. The molecule has 0 radical (unpaired) electrons. The minimum Gasteiger partial charge on any atom is -0.369 e. The standard InChI is InChI=1S/C12H16FN3O3S/c13-10-2-1-3-11(8-10)20(18,19)16-6-4-15(5-7-16)9-12(14)17/h1-3,8H,4-7,9H2,(H2,14,17). The molecule has 2 N–H and O–H groups in total. The van der Waals surface area contributed by atoms with Crippen LogP contribution in [-0.4, -0.2) is 56.3 Å². The van der Waals surface area contributed by atoms with Gasteiger partial charge in [0.05, 0.1) is 11.4 Å². The number of halogens is 1. The molecule has 0 spiro atoms. The van der Waals surface area contributed by atoms with E-state index in [0.29, 0.717) is 13.1 Å². The van der Waals surface area contributed by atoms with Crippen molar-refractivity contribution < 1.29 is 17.6 Å². The topological polar surface area (TPSA) is 83.7 Å². The molecule has 1 aromatic rings. The summed E-state index contributed by atoms with van der Waals surface area (Å²) < 4.78 is 39.1. The van der Waals surface area contributed by atoms with Crippen LogP contribution in [0.5, 0.6) is 0 Å². The van der Waals surface area contributed by atoms with E-state index in [2.05, 4.69) is 0 Å². The van der Waals surface area contributed by atoms with Gasteiger partial charge in [-0.3, -0.25) is 9.69 Å². The number of sulfonamides is 1. The maximum absolute atomic E-state index is 13.1. The van der Waals surface area contributed by atoms with E-state index >= 15 is 0 Å². The van der Waals surface area contributed by atoms with Gasteiger partial charge in [0.15, 0.2) is 0 Å². The number of piperazine rings is 1. The van der Waals surface area contributed by atoms with Crippen LogP contribution < -0.4 is 5.73 Å². The Morgan fingerprint density at radius 1 is 1.25 bits per heavy atom. The molecule has 8 heteroatoms. The van der Waals surface area contributed by atoms with Gasteiger partial charge in [-0.25, -0.2) is 12.8 Å². The molecule has 0 aromatic heterocycles. The van der Waals surface area contributed by atoms with E-state index in [-0.39, 0.29) is 24.5 Å². The van der Waals surface area contributed by atoms with E-state index in [1.807, 2.05) is 0 Å². The number of carbonyl (C=O) groups is 1. The SMILES string of the molecule is NC(=O)CN1CCN(S(=O)(=O)c2cccc(F)c2)CC1. The molecule has 1 aromatic carbocycles. The van der Waals surface area contributed by atoms with Gasteiger partial charge < -0.3 is 5.73 Å². The number of nitrogens with two attached hydrogens (primary N) is 1. The van der Waals surface area contributed by atoms with Gasteiger partial charge in [-0.2, -0.15) is 4.31 Å². The van der Waals surface area contributed by atoms with E-state index in [4.69, 9.17) is 5.73 Å². The monoisotopic (exact) mass is 301 g/mol. The van der Waals surface area contributed by atoms with E-state index < -0.39 is 21.7 Å². The lowest BCUT2D eigenvalue weighted by Gasteiger charge is -2.33. The normalized spacial score (nSPS) is 18.1. The average molecular weight is 301 g/mol. The van der Waals surface area contributed by atoms with Gasteiger partial charge in [0, 0.05) is 26.2 Å². The van der Waals surface area contributed by atoms with Crippen molar-refractivity contribution in [3.05, 3.63) is 30.1 Å². The van der Waals surface area contributed by atoms with E-state index in [0.717, 1.165) is 6.07 Å². The van der Waals surface area contributed by atoms with Crippen LogP contribution in [0.3, 0.4) is 0 Å². The Bertz CT molecular complexity index is 598. The highest BCUT2D eigenvalue weighted by molar-refractivity contribution is 7.89. The van der Waals surface area contributed by atoms with Crippen LogP contribution in [0.1, 0.15) is 0 Å². The Morgan fingerprint density at radius 2 is 1.90 bits per heavy atom. The summed E-state index contributed by atoms with van der Waals surface area (Å²) in [5.41, 5.74) is 5.10. The Morgan fingerprint density at radius 3 is 2.45 bits per heavy atom. The first kappa shape index (κ1) is 14.9. The van der Waals surface area contributed by atoms with Gasteiger partial charge in [-0.15, -0.1) is 0 Å². The van der Waals surface area contributed by atoms with Crippen LogP contribution in [0.25, 0.3) is 0 Å². The molecule has 1 saturated heterocycles. The van der Waals surface area contributed by atoms with E-state index in [1.165, 1.54) is 22.5 Å². The van der Waals surface area contributed by atoms with Crippen LogP contribution in [0.2, 0.25) is 0 Å². The van der Waals surface area contributed by atoms with Crippen molar-refractivity contribution in [2.24, 2.45) is 5.73 Å². The zero-order chi connectivity index (χ0) is 14.8. The second-order valence-electron chi connectivity index (χ2n) is 4.60. The highest BCUT2D eigenvalue weighted by atomic mass is 32.2. The second kappa shape index (κ2) is 5.86. The molecule has 1 fully saturated rings. The molecule has 0 bridgehead atoms. The molecule has 20 heavy (non-hydrogen) atoms. The van der Waals surface area contributed by atoms with Crippen molar-refractivity contribution >= 4 is 15.9 Å². The summed E-state index contributed by atoms with van der Waals surface area (Å²) in [5.74, 6) is -1.02. The van der Waals surface area contributed by atoms with Gasteiger partial charge in [0.2, 0.25) is 15.9 Å². The molecule has 1 heterocycles. The van der Waals surface area contributed by atoms with Crippen molar-refractivity contribution in [3.8, 4) is 0 Å². The summed E-state index contributed by atoms with van der Waals surface area (Å²) >= 11 is 0. The number of hydrogen-bond donors (Lipinski definition) is 1. The maximum Gasteiger partial charge on any atom is 0.243 e. The number of primary amides is 1. The summed E-state index contributed by atoms with van der Waals surface area (Å²) in [6.07, 6.45) is 0. The van der Waals surface area contributed by atoms with Gasteiger partial charge in [-0.1, -0.05) is 6.07 Å². The highest BCUT2D eigenvalue weighted by Crippen LogP contribution is 2.18. The minimum atomic E-state index is -3.69. The predicted molar refractivity (Wildman–Crippen MR) is 70.8 cm³/mol. The molecule has 1 aliphatic heterocycles. The predicted octanol–water partition coefficient (Wildman–Crippen LogP) is -0.383. The zero-order valence-corrected chi connectivity index (χ0v) is 11.6. The molecule has 0 saturated carbocycles. The minimum absolute atomic E-state index is 0.0548. The molecule has 0 atom stereocenters. The molecule has 0 unspecified atom stereocenters. The number of rotatable bonds is 4. The number of hydrogen-bond acceptors (Lipinski definition) is 4. The van der Waals surface area contributed by atoms with Crippen molar-refractivity contribution in [2.45, 2.75) is 4.90 Å².